The zero-order chi connectivity index (χ0) is 18.4. The van der Waals surface area contributed by atoms with Crippen molar-refractivity contribution in [2.75, 3.05) is 5.75 Å². The number of nitrogens with one attached hydrogen (secondary N) is 1. The molecule has 0 bridgehead atoms. The molecule has 0 aliphatic rings. The van der Waals surface area contributed by atoms with Gasteiger partial charge in [-0.05, 0) is 48.2 Å². The summed E-state index contributed by atoms with van der Waals surface area (Å²) < 4.78 is 22.1. The van der Waals surface area contributed by atoms with E-state index in [1.165, 1.54) is 22.9 Å². The van der Waals surface area contributed by atoms with E-state index in [0.29, 0.717) is 17.9 Å². The summed E-state index contributed by atoms with van der Waals surface area (Å²) in [6.45, 7) is 4.52. The van der Waals surface area contributed by atoms with Crippen molar-refractivity contribution in [3.05, 3.63) is 64.7 Å². The number of nitrogens with two attached hydrogens (primary N) is 1. The fourth-order valence-electron chi connectivity index (χ4n) is 2.19. The molecule has 2 aromatic carbocycles. The van der Waals surface area contributed by atoms with Crippen LogP contribution in [0.4, 0.5) is 0 Å². The topological polar surface area (TPSA) is 89.3 Å². The fourth-order valence-corrected chi connectivity index (χ4v) is 3.67. The molecule has 7 heteroatoms. The Morgan fingerprint density at radius 3 is 2.28 bits per heavy atom. The molecule has 2 aromatic rings. The highest BCUT2D eigenvalue weighted by atomic mass is 32.2. The van der Waals surface area contributed by atoms with Gasteiger partial charge in [0.05, 0.1) is 11.5 Å². The number of aryl methyl sites for hydroxylation is 2. The molecule has 2 rings (SSSR count). The van der Waals surface area contributed by atoms with E-state index in [2.05, 4.69) is 31.3 Å². The molecule has 0 saturated heterocycles. The summed E-state index contributed by atoms with van der Waals surface area (Å²) >= 11 is 1.50. The van der Waals surface area contributed by atoms with E-state index >= 15 is 0 Å². The monoisotopic (exact) mass is 378 g/mol. The van der Waals surface area contributed by atoms with E-state index in [-0.39, 0.29) is 11.7 Å². The second-order valence-corrected chi connectivity index (χ2v) is 8.60. The molecule has 0 aromatic heterocycles. The van der Waals surface area contributed by atoms with Crippen LogP contribution in [0, 0.1) is 13.8 Å². The number of hydrogen-bond acceptors (Lipinski definition) is 4. The van der Waals surface area contributed by atoms with Crippen LogP contribution in [0.15, 0.2) is 47.4 Å². The van der Waals surface area contributed by atoms with Crippen molar-refractivity contribution in [1.82, 2.24) is 5.32 Å². The molecule has 0 atom stereocenters. The number of sulfonamides is 1. The SMILES string of the molecule is Cc1ccc(SCC(=O)NCc2ccc(CS(N)(=O)=O)cc2)cc1C. The third-order valence-electron chi connectivity index (χ3n) is 3.73. The predicted octanol–water partition coefficient (Wildman–Crippen LogP) is 2.50. The van der Waals surface area contributed by atoms with Crippen molar-refractivity contribution in [2.45, 2.75) is 31.0 Å². The maximum Gasteiger partial charge on any atom is 0.230 e. The Hall–Kier alpha value is -1.83. The van der Waals surface area contributed by atoms with E-state index < -0.39 is 10.0 Å². The molecule has 0 aliphatic heterocycles. The molecule has 0 saturated carbocycles. The number of amides is 1. The number of hydrogen-bond donors (Lipinski definition) is 2. The van der Waals surface area contributed by atoms with Crippen molar-refractivity contribution < 1.29 is 13.2 Å². The first-order valence-electron chi connectivity index (χ1n) is 7.78. The molecule has 0 unspecified atom stereocenters. The predicted molar refractivity (Wildman–Crippen MR) is 102 cm³/mol. The Labute approximate surface area is 153 Å². The van der Waals surface area contributed by atoms with Gasteiger partial charge in [0.15, 0.2) is 0 Å². The molecule has 5 nitrogen and oxygen atoms in total. The minimum Gasteiger partial charge on any atom is -0.351 e. The summed E-state index contributed by atoms with van der Waals surface area (Å²) in [5.74, 6) is 0.120. The van der Waals surface area contributed by atoms with Crippen molar-refractivity contribution >= 4 is 27.7 Å². The second-order valence-electron chi connectivity index (χ2n) is 5.94. The summed E-state index contributed by atoms with van der Waals surface area (Å²) in [5, 5.41) is 7.88. The molecule has 25 heavy (non-hydrogen) atoms. The number of rotatable bonds is 7. The van der Waals surface area contributed by atoms with Gasteiger partial charge in [0.1, 0.15) is 0 Å². The Kier molecular flexibility index (Phi) is 6.64. The van der Waals surface area contributed by atoms with Gasteiger partial charge in [-0.1, -0.05) is 30.3 Å². The standard InChI is InChI=1S/C18H22N2O3S2/c1-13-3-8-17(9-14(13)2)24-11-18(21)20-10-15-4-6-16(7-5-15)12-25(19,22)23/h3-9H,10-12H2,1-2H3,(H,20,21)(H2,19,22,23). The van der Waals surface area contributed by atoms with Crippen molar-refractivity contribution in [3.63, 3.8) is 0 Å². The summed E-state index contributed by atoms with van der Waals surface area (Å²) in [6, 6.07) is 13.1. The molecule has 1 amide bonds. The Balaban J connectivity index is 1.80. The Morgan fingerprint density at radius 2 is 1.68 bits per heavy atom. The van der Waals surface area contributed by atoms with Crippen LogP contribution in [0.5, 0.6) is 0 Å². The number of primary sulfonamides is 1. The molecule has 134 valence electrons. The summed E-state index contributed by atoms with van der Waals surface area (Å²) in [7, 11) is -3.53. The molecular weight excluding hydrogens is 356 g/mol. The van der Waals surface area contributed by atoms with Crippen LogP contribution in [0.1, 0.15) is 22.3 Å². The van der Waals surface area contributed by atoms with Crippen LogP contribution in [0.25, 0.3) is 0 Å². The Morgan fingerprint density at radius 1 is 1.04 bits per heavy atom. The molecule has 0 aliphatic carbocycles. The normalized spacial score (nSPS) is 11.3. The van der Waals surface area contributed by atoms with Crippen molar-refractivity contribution in [1.29, 1.82) is 0 Å². The first-order chi connectivity index (χ1) is 11.7. The highest BCUT2D eigenvalue weighted by Gasteiger charge is 2.06. The van der Waals surface area contributed by atoms with Gasteiger partial charge in [0, 0.05) is 11.4 Å². The lowest BCUT2D eigenvalue weighted by Crippen LogP contribution is -2.24. The molecular formula is C18H22N2O3S2. The number of carbonyl (C=O) groups is 1. The lowest BCUT2D eigenvalue weighted by Gasteiger charge is -2.07. The average molecular weight is 379 g/mol. The van der Waals surface area contributed by atoms with Crippen LogP contribution in [0.3, 0.4) is 0 Å². The number of benzene rings is 2. The van der Waals surface area contributed by atoms with Gasteiger partial charge in [-0.3, -0.25) is 4.79 Å². The van der Waals surface area contributed by atoms with E-state index in [4.69, 9.17) is 5.14 Å². The van der Waals surface area contributed by atoms with Gasteiger partial charge in [0.2, 0.25) is 15.9 Å². The summed E-state index contributed by atoms with van der Waals surface area (Å²) in [4.78, 5) is 13.0. The maximum absolute atomic E-state index is 12.0. The van der Waals surface area contributed by atoms with Gasteiger partial charge in [0.25, 0.3) is 0 Å². The van der Waals surface area contributed by atoms with E-state index in [1.54, 1.807) is 24.3 Å². The van der Waals surface area contributed by atoms with Crippen LogP contribution in [0.2, 0.25) is 0 Å². The first kappa shape index (κ1) is 19.5. The minimum absolute atomic E-state index is 0.0446. The Bertz CT molecular complexity index is 847. The third-order valence-corrected chi connectivity index (χ3v) is 5.46. The van der Waals surface area contributed by atoms with Gasteiger partial charge in [-0.25, -0.2) is 13.6 Å². The van der Waals surface area contributed by atoms with Crippen molar-refractivity contribution in [3.8, 4) is 0 Å². The van der Waals surface area contributed by atoms with Gasteiger partial charge >= 0.3 is 0 Å². The average Bonchev–Trinajstić information content (AvgIpc) is 2.54. The molecule has 0 fully saturated rings. The van der Waals surface area contributed by atoms with Crippen LogP contribution in [-0.2, 0) is 27.1 Å². The highest BCUT2D eigenvalue weighted by Crippen LogP contribution is 2.20. The second kappa shape index (κ2) is 8.51. The van der Waals surface area contributed by atoms with Crippen LogP contribution >= 0.6 is 11.8 Å². The molecule has 3 N–H and O–H groups in total. The van der Waals surface area contributed by atoms with E-state index in [0.717, 1.165) is 10.5 Å². The highest BCUT2D eigenvalue weighted by molar-refractivity contribution is 8.00. The first-order valence-corrected chi connectivity index (χ1v) is 10.5. The quantitative estimate of drug-likeness (QED) is 0.725. The summed E-state index contributed by atoms with van der Waals surface area (Å²) in [5.41, 5.74) is 3.98. The number of carbonyl (C=O) groups excluding carboxylic acids is 1. The largest absolute Gasteiger partial charge is 0.351 e. The lowest BCUT2D eigenvalue weighted by molar-refractivity contribution is -0.118. The minimum atomic E-state index is -3.53. The lowest BCUT2D eigenvalue weighted by atomic mass is 10.1. The molecule has 0 heterocycles. The van der Waals surface area contributed by atoms with Crippen molar-refractivity contribution in [2.24, 2.45) is 5.14 Å². The van der Waals surface area contributed by atoms with Crippen LogP contribution in [-0.4, -0.2) is 20.1 Å². The zero-order valence-corrected chi connectivity index (χ0v) is 15.9. The zero-order valence-electron chi connectivity index (χ0n) is 14.3. The molecule has 0 spiro atoms. The van der Waals surface area contributed by atoms with Gasteiger partial charge < -0.3 is 5.32 Å². The van der Waals surface area contributed by atoms with Gasteiger partial charge in [-0.2, -0.15) is 0 Å². The third kappa shape index (κ3) is 6.89. The smallest absolute Gasteiger partial charge is 0.230 e. The molecule has 0 radical (unpaired) electrons. The van der Waals surface area contributed by atoms with Gasteiger partial charge in [-0.15, -0.1) is 11.8 Å². The van der Waals surface area contributed by atoms with E-state index in [1.807, 2.05) is 6.07 Å². The van der Waals surface area contributed by atoms with E-state index in [9.17, 15) is 13.2 Å². The van der Waals surface area contributed by atoms with Crippen LogP contribution < -0.4 is 10.5 Å². The number of thioether (sulfide) groups is 1. The fraction of sp³-hybridized carbons (Fsp3) is 0.278. The maximum atomic E-state index is 12.0. The summed E-state index contributed by atoms with van der Waals surface area (Å²) in [6.07, 6.45) is 0.